The third-order valence-electron chi connectivity index (χ3n) is 5.88. The SMILES string of the molecule is CN(C)c1cc(N)c(C=N)cc1Nc1ncnc2sc3c(c12)CCCC3.O=CN1CCC1. The third kappa shape index (κ3) is 4.38. The molecular formula is C23H29N7OS. The Morgan fingerprint density at radius 2 is 1.97 bits per heavy atom. The summed E-state index contributed by atoms with van der Waals surface area (Å²) in [5, 5.41) is 12.2. The Hall–Kier alpha value is -3.20. The Balaban J connectivity index is 0.000000354. The lowest BCUT2D eigenvalue weighted by atomic mass is 9.97. The minimum Gasteiger partial charge on any atom is -0.398 e. The zero-order valence-corrected chi connectivity index (χ0v) is 19.3. The van der Waals surface area contributed by atoms with Crippen molar-refractivity contribution >= 4 is 57.1 Å². The largest absolute Gasteiger partial charge is 0.398 e. The maximum atomic E-state index is 9.71. The lowest BCUT2D eigenvalue weighted by Crippen LogP contribution is -2.35. The average Bonchev–Trinajstić information content (AvgIpc) is 3.14. The molecule has 2 aliphatic rings. The molecule has 1 saturated heterocycles. The van der Waals surface area contributed by atoms with Crippen LogP contribution in [-0.4, -0.2) is 54.7 Å². The summed E-state index contributed by atoms with van der Waals surface area (Å²) < 4.78 is 0. The van der Waals surface area contributed by atoms with Crippen molar-refractivity contribution in [2.45, 2.75) is 32.1 Å². The molecule has 1 aliphatic carbocycles. The van der Waals surface area contributed by atoms with E-state index in [1.807, 2.05) is 31.1 Å². The fourth-order valence-electron chi connectivity index (χ4n) is 3.97. The molecule has 2 aromatic heterocycles. The van der Waals surface area contributed by atoms with Crippen molar-refractivity contribution in [3.63, 3.8) is 0 Å². The highest BCUT2D eigenvalue weighted by molar-refractivity contribution is 7.19. The number of anilines is 4. The van der Waals surface area contributed by atoms with Crippen LogP contribution in [0.5, 0.6) is 0 Å². The molecule has 0 spiro atoms. The molecule has 3 heterocycles. The van der Waals surface area contributed by atoms with Crippen molar-refractivity contribution < 1.29 is 4.79 Å². The first-order valence-electron chi connectivity index (χ1n) is 10.8. The van der Waals surface area contributed by atoms with Gasteiger partial charge in [0, 0.05) is 49.5 Å². The van der Waals surface area contributed by atoms with Gasteiger partial charge in [-0.2, -0.15) is 0 Å². The van der Waals surface area contributed by atoms with Crippen LogP contribution in [0.25, 0.3) is 10.2 Å². The number of amides is 1. The molecule has 1 fully saturated rings. The summed E-state index contributed by atoms with van der Waals surface area (Å²) in [6.45, 7) is 1.95. The van der Waals surface area contributed by atoms with Crippen LogP contribution >= 0.6 is 11.3 Å². The van der Waals surface area contributed by atoms with Gasteiger partial charge in [-0.1, -0.05) is 0 Å². The lowest BCUT2D eigenvalue weighted by Gasteiger charge is -2.25. The first-order chi connectivity index (χ1) is 15.5. The van der Waals surface area contributed by atoms with E-state index in [2.05, 4.69) is 15.3 Å². The predicted octanol–water partition coefficient (Wildman–Crippen LogP) is 3.81. The van der Waals surface area contributed by atoms with Crippen LogP contribution in [0.4, 0.5) is 22.9 Å². The van der Waals surface area contributed by atoms with E-state index in [9.17, 15) is 4.79 Å². The number of nitrogens with one attached hydrogen (secondary N) is 2. The summed E-state index contributed by atoms with van der Waals surface area (Å²) in [5.41, 5.74) is 10.6. The van der Waals surface area contributed by atoms with Gasteiger partial charge in [-0.15, -0.1) is 11.3 Å². The lowest BCUT2D eigenvalue weighted by molar-refractivity contribution is -0.121. The highest BCUT2D eigenvalue weighted by atomic mass is 32.1. The van der Waals surface area contributed by atoms with Crippen LogP contribution in [-0.2, 0) is 17.6 Å². The number of thiophene rings is 1. The maximum Gasteiger partial charge on any atom is 0.209 e. The number of rotatable bonds is 5. The minimum absolute atomic E-state index is 0.593. The van der Waals surface area contributed by atoms with E-state index in [1.165, 1.54) is 35.9 Å². The minimum atomic E-state index is 0.593. The molecule has 0 saturated carbocycles. The zero-order valence-electron chi connectivity index (χ0n) is 18.5. The second-order valence-electron chi connectivity index (χ2n) is 8.27. The number of hydrogen-bond acceptors (Lipinski definition) is 8. The zero-order chi connectivity index (χ0) is 22.7. The number of benzene rings is 1. The molecule has 1 amide bonds. The van der Waals surface area contributed by atoms with Gasteiger partial charge < -0.3 is 26.3 Å². The number of nitrogens with two attached hydrogens (primary N) is 1. The number of nitrogen functional groups attached to an aromatic ring is 1. The van der Waals surface area contributed by atoms with Gasteiger partial charge in [-0.05, 0) is 49.8 Å². The molecule has 3 aromatic rings. The van der Waals surface area contributed by atoms with Gasteiger partial charge in [-0.3, -0.25) is 4.79 Å². The van der Waals surface area contributed by atoms with Crippen LogP contribution in [0.15, 0.2) is 18.5 Å². The molecular weight excluding hydrogens is 422 g/mol. The number of aromatic nitrogens is 2. The molecule has 168 valence electrons. The van der Waals surface area contributed by atoms with E-state index in [4.69, 9.17) is 11.1 Å². The van der Waals surface area contributed by atoms with Crippen molar-refractivity contribution in [1.29, 1.82) is 5.41 Å². The summed E-state index contributed by atoms with van der Waals surface area (Å²) in [4.78, 5) is 25.0. The smallest absolute Gasteiger partial charge is 0.209 e. The van der Waals surface area contributed by atoms with Crippen LogP contribution < -0.4 is 16.0 Å². The molecule has 32 heavy (non-hydrogen) atoms. The molecule has 8 nitrogen and oxygen atoms in total. The number of carbonyl (C=O) groups excluding carboxylic acids is 1. The van der Waals surface area contributed by atoms with Gasteiger partial charge >= 0.3 is 0 Å². The van der Waals surface area contributed by atoms with Gasteiger partial charge in [0.1, 0.15) is 17.0 Å². The molecule has 0 bridgehead atoms. The van der Waals surface area contributed by atoms with Gasteiger partial charge in [-0.25, -0.2) is 9.97 Å². The number of nitrogens with zero attached hydrogens (tertiary/aromatic N) is 4. The second kappa shape index (κ2) is 9.52. The Bertz CT molecular complexity index is 1140. The van der Waals surface area contributed by atoms with E-state index >= 15 is 0 Å². The summed E-state index contributed by atoms with van der Waals surface area (Å²) in [7, 11) is 3.96. The predicted molar refractivity (Wildman–Crippen MR) is 133 cm³/mol. The molecule has 0 radical (unpaired) electrons. The van der Waals surface area contributed by atoms with Crippen molar-refractivity contribution in [3.8, 4) is 0 Å². The number of likely N-dealkylation sites (tertiary alicyclic amines) is 1. The number of carbonyl (C=O) groups is 1. The second-order valence-corrected chi connectivity index (χ2v) is 9.35. The Kier molecular flexibility index (Phi) is 6.55. The van der Waals surface area contributed by atoms with Crippen LogP contribution in [0.1, 0.15) is 35.3 Å². The van der Waals surface area contributed by atoms with Crippen molar-refractivity contribution in [2.75, 3.05) is 43.1 Å². The van der Waals surface area contributed by atoms with E-state index in [0.29, 0.717) is 11.3 Å². The summed E-state index contributed by atoms with van der Waals surface area (Å²) in [6.07, 6.45) is 9.68. The molecule has 4 N–H and O–H groups in total. The number of aryl methyl sites for hydroxylation is 2. The molecule has 1 aliphatic heterocycles. The highest BCUT2D eigenvalue weighted by Gasteiger charge is 2.20. The van der Waals surface area contributed by atoms with Crippen molar-refractivity contribution in [1.82, 2.24) is 14.9 Å². The first-order valence-corrected chi connectivity index (χ1v) is 11.7. The van der Waals surface area contributed by atoms with E-state index in [-0.39, 0.29) is 0 Å². The summed E-state index contributed by atoms with van der Waals surface area (Å²) in [6, 6.07) is 3.80. The van der Waals surface area contributed by atoms with Crippen LogP contribution in [0.2, 0.25) is 0 Å². The van der Waals surface area contributed by atoms with Crippen molar-refractivity contribution in [2.24, 2.45) is 0 Å². The van der Waals surface area contributed by atoms with Gasteiger partial charge in [0.15, 0.2) is 0 Å². The Morgan fingerprint density at radius 3 is 2.59 bits per heavy atom. The fourth-order valence-corrected chi connectivity index (χ4v) is 5.20. The normalized spacial score (nSPS) is 14.6. The highest BCUT2D eigenvalue weighted by Crippen LogP contribution is 2.40. The number of fused-ring (bicyclic) bond motifs is 3. The first kappa shape index (κ1) is 22.0. The van der Waals surface area contributed by atoms with Gasteiger partial charge in [0.2, 0.25) is 6.41 Å². The Morgan fingerprint density at radius 1 is 1.19 bits per heavy atom. The maximum absolute atomic E-state index is 9.71. The molecule has 5 rings (SSSR count). The summed E-state index contributed by atoms with van der Waals surface area (Å²) >= 11 is 1.79. The average molecular weight is 452 g/mol. The van der Waals surface area contributed by atoms with Crippen molar-refractivity contribution in [3.05, 3.63) is 34.5 Å². The van der Waals surface area contributed by atoms with E-state index < -0.39 is 0 Å². The topological polar surface area (TPSA) is 111 Å². The molecule has 9 heteroatoms. The standard InChI is InChI=1S/C19H22N6S.C4H7NO/c1-25(2)15-8-13(21)11(9-20)7-14(15)24-18-17-12-5-3-4-6-16(12)26-19(17)23-10-22-18;6-4-5-2-1-3-5/h7-10,20H,3-6,21H2,1-2H3,(H,22,23,24);4H,1-3H2. The fraction of sp³-hybridized carbons (Fsp3) is 0.391. The monoisotopic (exact) mass is 451 g/mol. The van der Waals surface area contributed by atoms with Crippen LogP contribution in [0, 0.1) is 5.41 Å². The Labute approximate surface area is 192 Å². The third-order valence-corrected chi connectivity index (χ3v) is 7.08. The molecule has 0 unspecified atom stereocenters. The van der Waals surface area contributed by atoms with E-state index in [0.717, 1.165) is 59.8 Å². The quantitative estimate of drug-likeness (QED) is 0.309. The van der Waals surface area contributed by atoms with E-state index in [1.54, 1.807) is 22.6 Å². The van der Waals surface area contributed by atoms with Gasteiger partial charge in [0.25, 0.3) is 0 Å². The molecule has 1 aromatic carbocycles. The van der Waals surface area contributed by atoms with Crippen LogP contribution in [0.3, 0.4) is 0 Å². The molecule has 0 atom stereocenters. The number of hydrogen-bond donors (Lipinski definition) is 3. The van der Waals surface area contributed by atoms with Gasteiger partial charge in [0.05, 0.1) is 16.8 Å². The summed E-state index contributed by atoms with van der Waals surface area (Å²) in [5.74, 6) is 0.832.